The molecule has 2 rings (SSSR count). The van der Waals surface area contributed by atoms with Gasteiger partial charge in [-0.2, -0.15) is 0 Å². The van der Waals surface area contributed by atoms with Crippen LogP contribution in [0.15, 0.2) is 0 Å². The van der Waals surface area contributed by atoms with E-state index in [1.807, 2.05) is 18.4 Å². The molecule has 4 nitrogen and oxygen atoms in total. The van der Waals surface area contributed by atoms with Crippen molar-refractivity contribution in [1.29, 1.82) is 0 Å². The van der Waals surface area contributed by atoms with E-state index < -0.39 is 0 Å². The van der Waals surface area contributed by atoms with Gasteiger partial charge in [0.15, 0.2) is 5.13 Å². The fourth-order valence-corrected chi connectivity index (χ4v) is 3.76. The zero-order valence-electron chi connectivity index (χ0n) is 12.2. The summed E-state index contributed by atoms with van der Waals surface area (Å²) < 4.78 is 5.77. The smallest absolute Gasteiger partial charge is 0.185 e. The molecule has 0 aliphatic carbocycles. The second-order valence-corrected chi connectivity index (χ2v) is 5.98. The molecular formula is C14H25N3OS. The number of anilines is 1. The average Bonchev–Trinajstić information content (AvgIpc) is 2.83. The van der Waals surface area contributed by atoms with Crippen molar-refractivity contribution in [3.8, 4) is 0 Å². The zero-order chi connectivity index (χ0) is 13.7. The van der Waals surface area contributed by atoms with Gasteiger partial charge in [0.05, 0.1) is 11.8 Å². The molecule has 0 aromatic carbocycles. The Kier molecular flexibility index (Phi) is 5.60. The number of nitrogens with zero attached hydrogens (tertiary/aromatic N) is 2. The number of nitrogens with one attached hydrogen (secondary N) is 1. The van der Waals surface area contributed by atoms with Crippen LogP contribution in [0.2, 0.25) is 0 Å². The van der Waals surface area contributed by atoms with Gasteiger partial charge < -0.3 is 15.0 Å². The summed E-state index contributed by atoms with van der Waals surface area (Å²) in [5, 5.41) is 4.40. The van der Waals surface area contributed by atoms with E-state index in [1.54, 1.807) is 0 Å². The molecule has 2 heterocycles. The van der Waals surface area contributed by atoms with Crippen molar-refractivity contribution < 1.29 is 4.74 Å². The molecule has 1 aliphatic heterocycles. The molecule has 0 spiro atoms. The third-order valence-electron chi connectivity index (χ3n) is 3.49. The number of thiazole rings is 1. The van der Waals surface area contributed by atoms with Crippen molar-refractivity contribution in [2.45, 2.75) is 45.8 Å². The summed E-state index contributed by atoms with van der Waals surface area (Å²) in [6.07, 6.45) is 3.77. The Morgan fingerprint density at radius 2 is 2.32 bits per heavy atom. The SMILES string of the molecule is CCOC1CCCN(c2nc(CC)c(CNC)s2)C1. The minimum Gasteiger partial charge on any atom is -0.377 e. The van der Waals surface area contributed by atoms with Crippen molar-refractivity contribution in [3.63, 3.8) is 0 Å². The molecule has 19 heavy (non-hydrogen) atoms. The normalized spacial score (nSPS) is 19.9. The minimum absolute atomic E-state index is 0.375. The van der Waals surface area contributed by atoms with Gasteiger partial charge in [0.2, 0.25) is 0 Å². The highest BCUT2D eigenvalue weighted by atomic mass is 32.1. The van der Waals surface area contributed by atoms with Gasteiger partial charge in [0, 0.05) is 31.1 Å². The maximum absolute atomic E-state index is 5.77. The Bertz CT molecular complexity index is 392. The van der Waals surface area contributed by atoms with Crippen LogP contribution in [0.25, 0.3) is 0 Å². The fourth-order valence-electron chi connectivity index (χ4n) is 2.56. The van der Waals surface area contributed by atoms with Gasteiger partial charge in [-0.1, -0.05) is 6.92 Å². The second-order valence-electron chi connectivity index (χ2n) is 4.92. The van der Waals surface area contributed by atoms with E-state index in [-0.39, 0.29) is 0 Å². The molecule has 0 amide bonds. The maximum atomic E-state index is 5.77. The van der Waals surface area contributed by atoms with Gasteiger partial charge >= 0.3 is 0 Å². The molecule has 1 aromatic rings. The van der Waals surface area contributed by atoms with Crippen molar-refractivity contribution in [1.82, 2.24) is 10.3 Å². The van der Waals surface area contributed by atoms with Crippen LogP contribution in [-0.2, 0) is 17.7 Å². The van der Waals surface area contributed by atoms with Crippen molar-refractivity contribution in [3.05, 3.63) is 10.6 Å². The molecule has 5 heteroatoms. The first-order valence-corrected chi connectivity index (χ1v) is 8.09. The molecule has 1 aromatic heterocycles. The van der Waals surface area contributed by atoms with Crippen LogP contribution in [-0.4, -0.2) is 37.8 Å². The first kappa shape index (κ1) is 14.8. The number of ether oxygens (including phenoxy) is 1. The molecule has 108 valence electrons. The fraction of sp³-hybridized carbons (Fsp3) is 0.786. The lowest BCUT2D eigenvalue weighted by atomic mass is 10.1. The van der Waals surface area contributed by atoms with E-state index >= 15 is 0 Å². The molecule has 1 saturated heterocycles. The van der Waals surface area contributed by atoms with Gasteiger partial charge in [-0.15, -0.1) is 11.3 Å². The van der Waals surface area contributed by atoms with E-state index in [1.165, 1.54) is 28.5 Å². The highest BCUT2D eigenvalue weighted by Gasteiger charge is 2.23. The lowest BCUT2D eigenvalue weighted by Gasteiger charge is -2.32. The number of piperidine rings is 1. The van der Waals surface area contributed by atoms with E-state index in [2.05, 4.69) is 24.1 Å². The number of hydrogen-bond acceptors (Lipinski definition) is 5. The number of rotatable bonds is 6. The van der Waals surface area contributed by atoms with Gasteiger partial charge in [-0.3, -0.25) is 0 Å². The van der Waals surface area contributed by atoms with Crippen molar-refractivity contribution in [2.75, 3.05) is 31.6 Å². The van der Waals surface area contributed by atoms with Gasteiger partial charge in [-0.05, 0) is 33.2 Å². The van der Waals surface area contributed by atoms with Crippen molar-refractivity contribution >= 4 is 16.5 Å². The van der Waals surface area contributed by atoms with Crippen molar-refractivity contribution in [2.24, 2.45) is 0 Å². The summed E-state index contributed by atoms with van der Waals surface area (Å²) in [6, 6.07) is 0. The largest absolute Gasteiger partial charge is 0.377 e. The Morgan fingerprint density at radius 3 is 3.00 bits per heavy atom. The molecule has 1 atom stereocenters. The van der Waals surface area contributed by atoms with Crippen LogP contribution in [0.5, 0.6) is 0 Å². The highest BCUT2D eigenvalue weighted by molar-refractivity contribution is 7.15. The zero-order valence-corrected chi connectivity index (χ0v) is 13.1. The van der Waals surface area contributed by atoms with Crippen LogP contribution >= 0.6 is 11.3 Å². The standard InChI is InChI=1S/C14H25N3OS/c1-4-12-13(9-15-3)19-14(16-12)17-8-6-7-11(10-17)18-5-2/h11,15H,4-10H2,1-3H3. The lowest BCUT2D eigenvalue weighted by Crippen LogP contribution is -2.39. The summed E-state index contributed by atoms with van der Waals surface area (Å²) >= 11 is 1.83. The molecule has 0 radical (unpaired) electrons. The van der Waals surface area contributed by atoms with Gasteiger partial charge in [0.25, 0.3) is 0 Å². The van der Waals surface area contributed by atoms with Gasteiger partial charge in [0.1, 0.15) is 0 Å². The average molecular weight is 283 g/mol. The Labute approximate surface area is 120 Å². The van der Waals surface area contributed by atoms with E-state index in [9.17, 15) is 0 Å². The molecule has 1 aliphatic rings. The first-order valence-electron chi connectivity index (χ1n) is 7.28. The summed E-state index contributed by atoms with van der Waals surface area (Å²) in [4.78, 5) is 8.58. The topological polar surface area (TPSA) is 37.4 Å². The third kappa shape index (κ3) is 3.68. The summed E-state index contributed by atoms with van der Waals surface area (Å²) in [5.74, 6) is 0. The molecule has 1 unspecified atom stereocenters. The molecular weight excluding hydrogens is 258 g/mol. The maximum Gasteiger partial charge on any atom is 0.185 e. The molecule has 0 bridgehead atoms. The van der Waals surface area contributed by atoms with Crippen LogP contribution in [0.3, 0.4) is 0 Å². The van der Waals surface area contributed by atoms with E-state index in [0.717, 1.165) is 32.7 Å². The highest BCUT2D eigenvalue weighted by Crippen LogP contribution is 2.29. The third-order valence-corrected chi connectivity index (χ3v) is 4.65. The number of hydrogen-bond donors (Lipinski definition) is 1. The second kappa shape index (κ2) is 7.22. The van der Waals surface area contributed by atoms with Crippen LogP contribution in [0, 0.1) is 0 Å². The van der Waals surface area contributed by atoms with Gasteiger partial charge in [-0.25, -0.2) is 4.98 Å². The molecule has 1 fully saturated rings. The summed E-state index contributed by atoms with van der Waals surface area (Å²) in [6.45, 7) is 8.08. The summed E-state index contributed by atoms with van der Waals surface area (Å²) in [5.41, 5.74) is 1.24. The Hall–Kier alpha value is -0.650. The predicted octanol–water partition coefficient (Wildman–Crippen LogP) is 2.43. The summed E-state index contributed by atoms with van der Waals surface area (Å²) in [7, 11) is 1.99. The van der Waals surface area contributed by atoms with E-state index in [0.29, 0.717) is 6.10 Å². The quantitative estimate of drug-likeness (QED) is 0.870. The monoisotopic (exact) mass is 283 g/mol. The number of aromatic nitrogens is 1. The van der Waals surface area contributed by atoms with Crippen LogP contribution < -0.4 is 10.2 Å². The first-order chi connectivity index (χ1) is 9.28. The van der Waals surface area contributed by atoms with Crippen LogP contribution in [0.4, 0.5) is 5.13 Å². The number of aryl methyl sites for hydroxylation is 1. The Morgan fingerprint density at radius 1 is 1.47 bits per heavy atom. The molecule has 1 N–H and O–H groups in total. The molecule has 0 saturated carbocycles. The minimum atomic E-state index is 0.375. The Balaban J connectivity index is 2.07. The van der Waals surface area contributed by atoms with Crippen LogP contribution in [0.1, 0.15) is 37.3 Å². The lowest BCUT2D eigenvalue weighted by molar-refractivity contribution is 0.0526. The van der Waals surface area contributed by atoms with E-state index in [4.69, 9.17) is 9.72 Å². The predicted molar refractivity (Wildman–Crippen MR) is 81.1 cm³/mol.